The quantitative estimate of drug-likeness (QED) is 0.853. The van der Waals surface area contributed by atoms with Crippen molar-refractivity contribution in [1.29, 1.82) is 0 Å². The molecule has 0 amide bonds. The van der Waals surface area contributed by atoms with Crippen LogP contribution in [-0.2, 0) is 25.8 Å². The first-order chi connectivity index (χ1) is 9.93. The number of fused-ring (bicyclic) bond motifs is 1. The van der Waals surface area contributed by atoms with E-state index in [1.54, 1.807) is 0 Å². The molecule has 0 fully saturated rings. The number of nitrogens with zero attached hydrogens (tertiary/aromatic N) is 1. The van der Waals surface area contributed by atoms with E-state index in [9.17, 15) is 13.2 Å². The van der Waals surface area contributed by atoms with Crippen LogP contribution >= 0.6 is 0 Å². The summed E-state index contributed by atoms with van der Waals surface area (Å²) in [4.78, 5) is 2.01. The largest absolute Gasteiger partial charge is 0.416 e. The predicted octanol–water partition coefficient (Wildman–Crippen LogP) is 3.80. The van der Waals surface area contributed by atoms with Crippen LogP contribution in [0.5, 0.6) is 0 Å². The van der Waals surface area contributed by atoms with E-state index in [1.807, 2.05) is 29.2 Å². The van der Waals surface area contributed by atoms with Gasteiger partial charge in [-0.3, -0.25) is 4.90 Å². The van der Waals surface area contributed by atoms with E-state index in [1.165, 1.54) is 23.3 Å². The molecule has 1 aliphatic rings. The van der Waals surface area contributed by atoms with Gasteiger partial charge in [-0.1, -0.05) is 30.3 Å². The highest BCUT2D eigenvalue weighted by Crippen LogP contribution is 2.35. The molecule has 2 N–H and O–H groups in total. The average molecular weight is 292 g/mol. The topological polar surface area (TPSA) is 29.3 Å². The van der Waals surface area contributed by atoms with Gasteiger partial charge >= 0.3 is 6.18 Å². The third-order valence-corrected chi connectivity index (χ3v) is 3.74. The number of halogens is 3. The van der Waals surface area contributed by atoms with Crippen molar-refractivity contribution in [2.45, 2.75) is 25.8 Å². The molecule has 0 aromatic heterocycles. The molecule has 3 rings (SSSR count). The number of hydrogen-bond donors (Lipinski definition) is 1. The minimum Gasteiger partial charge on any atom is -0.399 e. The van der Waals surface area contributed by atoms with Gasteiger partial charge in [0.15, 0.2) is 0 Å². The van der Waals surface area contributed by atoms with Gasteiger partial charge in [0.05, 0.1) is 5.56 Å². The van der Waals surface area contributed by atoms with Crippen LogP contribution in [0.15, 0.2) is 42.5 Å². The van der Waals surface area contributed by atoms with Crippen LogP contribution in [0, 0.1) is 0 Å². The van der Waals surface area contributed by atoms with E-state index in [0.29, 0.717) is 13.1 Å². The van der Waals surface area contributed by atoms with Crippen molar-refractivity contribution in [3.63, 3.8) is 0 Å². The van der Waals surface area contributed by atoms with Crippen molar-refractivity contribution in [2.24, 2.45) is 0 Å². The van der Waals surface area contributed by atoms with Crippen molar-refractivity contribution < 1.29 is 13.2 Å². The average Bonchev–Trinajstić information content (AvgIpc) is 2.82. The van der Waals surface area contributed by atoms with Gasteiger partial charge in [0, 0.05) is 25.3 Å². The van der Waals surface area contributed by atoms with Gasteiger partial charge in [-0.25, -0.2) is 0 Å². The molecule has 0 saturated carbocycles. The summed E-state index contributed by atoms with van der Waals surface area (Å²) in [5, 5.41) is 0. The maximum absolute atomic E-state index is 13.1. The Hall–Kier alpha value is -2.01. The van der Waals surface area contributed by atoms with Crippen LogP contribution in [0.4, 0.5) is 18.9 Å². The second-order valence-corrected chi connectivity index (χ2v) is 5.33. The van der Waals surface area contributed by atoms with Crippen LogP contribution in [0.2, 0.25) is 0 Å². The Bertz CT molecular complexity index is 640. The summed E-state index contributed by atoms with van der Waals surface area (Å²) in [5.41, 5.74) is 7.61. The monoisotopic (exact) mass is 292 g/mol. The minimum atomic E-state index is -4.38. The van der Waals surface area contributed by atoms with E-state index >= 15 is 0 Å². The lowest BCUT2D eigenvalue weighted by Crippen LogP contribution is -2.19. The number of nitrogens with two attached hydrogens (primary N) is 1. The number of benzene rings is 2. The molecule has 0 unspecified atom stereocenters. The Kier molecular flexibility index (Phi) is 3.37. The van der Waals surface area contributed by atoms with Crippen molar-refractivity contribution in [1.82, 2.24) is 4.90 Å². The van der Waals surface area contributed by atoms with Crippen molar-refractivity contribution in [3.8, 4) is 0 Å². The van der Waals surface area contributed by atoms with Gasteiger partial charge in [-0.15, -0.1) is 0 Å². The van der Waals surface area contributed by atoms with Crippen molar-refractivity contribution in [3.05, 3.63) is 64.7 Å². The predicted molar refractivity (Wildman–Crippen MR) is 75.2 cm³/mol. The molecule has 1 aliphatic heterocycles. The Morgan fingerprint density at radius 3 is 2.19 bits per heavy atom. The molecule has 110 valence electrons. The van der Waals surface area contributed by atoms with Crippen LogP contribution in [0.1, 0.15) is 22.3 Å². The van der Waals surface area contributed by atoms with Crippen LogP contribution in [-0.4, -0.2) is 4.90 Å². The third kappa shape index (κ3) is 2.88. The summed E-state index contributed by atoms with van der Waals surface area (Å²) in [6.45, 7) is 1.62. The summed E-state index contributed by atoms with van der Waals surface area (Å²) >= 11 is 0. The van der Waals surface area contributed by atoms with Crippen LogP contribution < -0.4 is 5.73 Å². The normalized spacial score (nSPS) is 15.2. The standard InChI is InChI=1S/C16H15F3N2/c17-16(18,19)15-7-14(20)6-5-13(15)10-21-8-11-3-1-2-4-12(11)9-21/h1-7H,8-10,20H2. The first kappa shape index (κ1) is 13.9. The molecular formula is C16H15F3N2. The SMILES string of the molecule is Nc1ccc(CN2Cc3ccccc3C2)c(C(F)(F)F)c1. The van der Waals surface area contributed by atoms with E-state index in [2.05, 4.69) is 0 Å². The van der Waals surface area contributed by atoms with Gasteiger partial charge in [-0.05, 0) is 28.8 Å². The Labute approximate surface area is 121 Å². The molecule has 21 heavy (non-hydrogen) atoms. The zero-order valence-electron chi connectivity index (χ0n) is 11.3. The molecule has 0 spiro atoms. The molecule has 1 heterocycles. The molecule has 0 saturated heterocycles. The second kappa shape index (κ2) is 5.07. The van der Waals surface area contributed by atoms with Crippen LogP contribution in [0.25, 0.3) is 0 Å². The second-order valence-electron chi connectivity index (χ2n) is 5.33. The lowest BCUT2D eigenvalue weighted by molar-refractivity contribution is -0.138. The molecule has 5 heteroatoms. The number of hydrogen-bond acceptors (Lipinski definition) is 2. The van der Waals surface area contributed by atoms with Gasteiger partial charge in [0.25, 0.3) is 0 Å². The summed E-state index contributed by atoms with van der Waals surface area (Å²) < 4.78 is 39.3. The molecule has 0 aliphatic carbocycles. The summed E-state index contributed by atoms with van der Waals surface area (Å²) in [6.07, 6.45) is -4.38. The van der Waals surface area contributed by atoms with Crippen molar-refractivity contribution >= 4 is 5.69 Å². The third-order valence-electron chi connectivity index (χ3n) is 3.74. The summed E-state index contributed by atoms with van der Waals surface area (Å²) in [7, 11) is 0. The van der Waals surface area contributed by atoms with Crippen molar-refractivity contribution in [2.75, 3.05) is 5.73 Å². The summed E-state index contributed by atoms with van der Waals surface area (Å²) in [6, 6.07) is 11.9. The van der Waals surface area contributed by atoms with E-state index in [-0.39, 0.29) is 17.8 Å². The Morgan fingerprint density at radius 2 is 1.62 bits per heavy atom. The number of nitrogen functional groups attached to an aromatic ring is 1. The molecule has 2 aromatic carbocycles. The fraction of sp³-hybridized carbons (Fsp3) is 0.250. The molecular weight excluding hydrogens is 277 g/mol. The highest BCUT2D eigenvalue weighted by atomic mass is 19.4. The van der Waals surface area contributed by atoms with E-state index < -0.39 is 11.7 Å². The number of alkyl halides is 3. The smallest absolute Gasteiger partial charge is 0.399 e. The van der Waals surface area contributed by atoms with Gasteiger partial charge in [0.1, 0.15) is 0 Å². The first-order valence-electron chi connectivity index (χ1n) is 6.68. The zero-order valence-corrected chi connectivity index (χ0v) is 11.3. The zero-order chi connectivity index (χ0) is 15.0. The highest BCUT2D eigenvalue weighted by molar-refractivity contribution is 5.46. The molecule has 0 radical (unpaired) electrons. The maximum Gasteiger partial charge on any atom is 0.416 e. The maximum atomic E-state index is 13.1. The van der Waals surface area contributed by atoms with Gasteiger partial charge in [0.2, 0.25) is 0 Å². The van der Waals surface area contributed by atoms with Crippen LogP contribution in [0.3, 0.4) is 0 Å². The van der Waals surface area contributed by atoms with Gasteiger partial charge in [-0.2, -0.15) is 13.2 Å². The highest BCUT2D eigenvalue weighted by Gasteiger charge is 2.34. The molecule has 2 nitrogen and oxygen atoms in total. The lowest BCUT2D eigenvalue weighted by atomic mass is 10.1. The number of rotatable bonds is 2. The first-order valence-corrected chi connectivity index (χ1v) is 6.68. The molecule has 0 bridgehead atoms. The summed E-state index contributed by atoms with van der Waals surface area (Å²) in [5.74, 6) is 0. The molecule has 0 atom stereocenters. The molecule has 2 aromatic rings. The fourth-order valence-corrected chi connectivity index (χ4v) is 2.75. The van der Waals surface area contributed by atoms with E-state index in [4.69, 9.17) is 5.73 Å². The Morgan fingerprint density at radius 1 is 1.00 bits per heavy atom. The van der Waals surface area contributed by atoms with E-state index in [0.717, 1.165) is 6.07 Å². The fourth-order valence-electron chi connectivity index (χ4n) is 2.75. The minimum absolute atomic E-state index is 0.135. The van der Waals surface area contributed by atoms with Gasteiger partial charge < -0.3 is 5.73 Å². The lowest BCUT2D eigenvalue weighted by Gasteiger charge is -2.19. The Balaban J connectivity index is 1.84. The number of anilines is 1.